The quantitative estimate of drug-likeness (QED) is 0.682. The molecule has 0 bridgehead atoms. The second-order valence-electron chi connectivity index (χ2n) is 0.955. The zero-order valence-electron chi connectivity index (χ0n) is 3.72. The predicted octanol–water partition coefficient (Wildman–Crippen LogP) is 0.983. The van der Waals surface area contributed by atoms with Crippen molar-refractivity contribution in [3.05, 3.63) is 0 Å². The second kappa shape index (κ2) is 9.02. The number of hydrogen-bond donors (Lipinski definition) is 0. The molecule has 0 aliphatic heterocycles. The molecule has 0 spiro atoms. The summed E-state index contributed by atoms with van der Waals surface area (Å²) >= 11 is 0. The van der Waals surface area contributed by atoms with Gasteiger partial charge in [0.05, 0.1) is 0 Å². The second-order valence-corrected chi connectivity index (χ2v) is 0.955. The van der Waals surface area contributed by atoms with Crippen molar-refractivity contribution in [1.29, 1.82) is 0 Å². The molecule has 0 aromatic carbocycles. The van der Waals surface area contributed by atoms with Gasteiger partial charge in [0.25, 0.3) is 0 Å². The molecule has 0 N–H and O–H groups in total. The number of rotatable bonds is 2. The Morgan fingerprint density at radius 2 is 2.17 bits per heavy atom. The smallest absolute Gasteiger partial charge is 0.119 e. The van der Waals surface area contributed by atoms with Gasteiger partial charge in [-0.25, -0.2) is 0 Å². The average Bonchev–Trinajstić information content (AvgIpc) is 1.41. The van der Waals surface area contributed by atoms with E-state index in [1.165, 1.54) is 0 Å². The van der Waals surface area contributed by atoms with E-state index in [1.807, 2.05) is 6.92 Å². The Hall–Kier alpha value is 0.358. The summed E-state index contributed by atoms with van der Waals surface area (Å²) in [6.07, 6.45) is 2.61. The van der Waals surface area contributed by atoms with E-state index in [0.717, 1.165) is 12.7 Å². The van der Waals surface area contributed by atoms with Gasteiger partial charge in [-0.3, -0.25) is 0 Å². The Balaban J connectivity index is 0. The van der Waals surface area contributed by atoms with E-state index in [4.69, 9.17) is 0 Å². The zero-order valence-corrected chi connectivity index (χ0v) is 5.99. The van der Waals surface area contributed by atoms with Gasteiger partial charge >= 0.3 is 0 Å². The van der Waals surface area contributed by atoms with Gasteiger partial charge in [-0.1, -0.05) is 6.92 Å². The maximum absolute atomic E-state index is 9.40. The van der Waals surface area contributed by atoms with Crippen LogP contribution in [0.5, 0.6) is 0 Å². The van der Waals surface area contributed by atoms with E-state index in [1.54, 1.807) is 0 Å². The third-order valence-corrected chi connectivity index (χ3v) is 0.407. The summed E-state index contributed by atoms with van der Waals surface area (Å²) in [4.78, 5) is 9.40. The molecule has 40 valence electrons. The van der Waals surface area contributed by atoms with Gasteiger partial charge in [-0.2, -0.15) is 0 Å². The van der Waals surface area contributed by atoms with Crippen LogP contribution in [0.15, 0.2) is 0 Å². The minimum Gasteiger partial charge on any atom is -0.303 e. The van der Waals surface area contributed by atoms with Crippen LogP contribution >= 0.6 is 0 Å². The van der Waals surface area contributed by atoms with Gasteiger partial charge in [-0.15, -0.1) is 0 Å². The topological polar surface area (TPSA) is 17.1 Å². The molecule has 0 unspecified atom stereocenters. The normalized spacial score (nSPS) is 6.17. The first-order valence-corrected chi connectivity index (χ1v) is 1.85. The van der Waals surface area contributed by atoms with Crippen LogP contribution in [-0.2, 0) is 25.9 Å². The van der Waals surface area contributed by atoms with Crippen LogP contribution in [0.3, 0.4) is 0 Å². The first-order valence-electron chi connectivity index (χ1n) is 1.85. The van der Waals surface area contributed by atoms with E-state index >= 15 is 0 Å². The molecule has 0 saturated carbocycles. The monoisotopic (exact) mass is 267 g/mol. The molecule has 0 aromatic rings. The van der Waals surface area contributed by atoms with Gasteiger partial charge < -0.3 is 4.79 Å². The summed E-state index contributed by atoms with van der Waals surface area (Å²) in [7, 11) is 0. The fourth-order valence-electron chi connectivity index (χ4n) is 0.118. The van der Waals surface area contributed by atoms with E-state index < -0.39 is 0 Å². The molecule has 0 fully saturated rings. The summed E-state index contributed by atoms with van der Waals surface area (Å²) in [6, 6.07) is 0. The Kier molecular flexibility index (Phi) is 14.5. The largest absolute Gasteiger partial charge is 0.303 e. The molecule has 0 saturated heterocycles. The van der Waals surface area contributed by atoms with Crippen LogP contribution in [0.1, 0.15) is 19.8 Å². The minimum atomic E-state index is 0. The van der Waals surface area contributed by atoms with Crippen LogP contribution in [0, 0.1) is 0 Å². The maximum Gasteiger partial charge on any atom is 0.119 e. The van der Waals surface area contributed by atoms with Gasteiger partial charge in [-0.05, 0) is 6.42 Å². The number of aldehydes is 1. The summed E-state index contributed by atoms with van der Waals surface area (Å²) in [6.45, 7) is 1.98. The van der Waals surface area contributed by atoms with E-state index in [-0.39, 0.29) is 21.1 Å². The van der Waals surface area contributed by atoms with Crippen molar-refractivity contribution in [1.82, 2.24) is 0 Å². The SMILES string of the molecule is CCCC=O.[Pt]. The Bertz CT molecular complexity index is 28.7. The van der Waals surface area contributed by atoms with Gasteiger partial charge in [0, 0.05) is 27.5 Å². The standard InChI is InChI=1S/C4H8O.Pt/c1-2-3-4-5;/h4H,2-3H2,1H3;. The molecular weight excluding hydrogens is 259 g/mol. The number of unbranched alkanes of at least 4 members (excludes halogenated alkanes) is 1. The van der Waals surface area contributed by atoms with Crippen LogP contribution in [0.2, 0.25) is 0 Å². The van der Waals surface area contributed by atoms with Crippen LogP contribution in [0.25, 0.3) is 0 Å². The van der Waals surface area contributed by atoms with Gasteiger partial charge in [0.1, 0.15) is 6.29 Å². The van der Waals surface area contributed by atoms with Gasteiger partial charge in [0.15, 0.2) is 0 Å². The van der Waals surface area contributed by atoms with Crippen molar-refractivity contribution in [2.45, 2.75) is 19.8 Å². The fourth-order valence-corrected chi connectivity index (χ4v) is 0.118. The first-order chi connectivity index (χ1) is 2.41. The van der Waals surface area contributed by atoms with E-state index in [9.17, 15) is 4.79 Å². The first kappa shape index (κ1) is 9.61. The predicted molar refractivity (Wildman–Crippen MR) is 21.0 cm³/mol. The Labute approximate surface area is 52.4 Å². The number of hydrogen-bond acceptors (Lipinski definition) is 1. The maximum atomic E-state index is 9.40. The molecule has 0 atom stereocenters. The molecule has 6 heavy (non-hydrogen) atoms. The molecule has 0 amide bonds. The van der Waals surface area contributed by atoms with Crippen molar-refractivity contribution < 1.29 is 25.9 Å². The number of carbonyl (C=O) groups is 1. The van der Waals surface area contributed by atoms with Crippen LogP contribution < -0.4 is 0 Å². The summed E-state index contributed by atoms with van der Waals surface area (Å²) in [5.41, 5.74) is 0. The third-order valence-electron chi connectivity index (χ3n) is 0.407. The molecular formula is C4H8OPt. The molecule has 0 aromatic heterocycles. The molecule has 0 aliphatic carbocycles. The zero-order chi connectivity index (χ0) is 4.12. The van der Waals surface area contributed by atoms with Gasteiger partial charge in [0.2, 0.25) is 0 Å². The molecule has 0 rings (SSSR count). The Morgan fingerprint density at radius 1 is 1.67 bits per heavy atom. The van der Waals surface area contributed by atoms with Crippen LogP contribution in [-0.4, -0.2) is 6.29 Å². The third kappa shape index (κ3) is 8.84. The molecule has 2 heteroatoms. The average molecular weight is 267 g/mol. The Morgan fingerprint density at radius 3 is 2.17 bits per heavy atom. The molecule has 0 radical (unpaired) electrons. The van der Waals surface area contributed by atoms with Crippen molar-refractivity contribution in [3.63, 3.8) is 0 Å². The van der Waals surface area contributed by atoms with Crippen LogP contribution in [0.4, 0.5) is 0 Å². The molecule has 1 nitrogen and oxygen atoms in total. The van der Waals surface area contributed by atoms with Crippen molar-refractivity contribution in [2.75, 3.05) is 0 Å². The minimum absolute atomic E-state index is 0. The summed E-state index contributed by atoms with van der Waals surface area (Å²) in [5.74, 6) is 0. The van der Waals surface area contributed by atoms with Crippen molar-refractivity contribution in [2.24, 2.45) is 0 Å². The van der Waals surface area contributed by atoms with E-state index in [2.05, 4.69) is 0 Å². The van der Waals surface area contributed by atoms with E-state index in [0.29, 0.717) is 6.42 Å². The van der Waals surface area contributed by atoms with Crippen molar-refractivity contribution in [3.8, 4) is 0 Å². The summed E-state index contributed by atoms with van der Waals surface area (Å²) in [5, 5.41) is 0. The summed E-state index contributed by atoms with van der Waals surface area (Å²) < 4.78 is 0. The number of carbonyl (C=O) groups excluding carboxylic acids is 1. The molecule has 0 heterocycles. The van der Waals surface area contributed by atoms with Crippen molar-refractivity contribution >= 4 is 6.29 Å². The fraction of sp³-hybridized carbons (Fsp3) is 0.750. The molecule has 0 aliphatic rings.